The second kappa shape index (κ2) is 7.65. The Bertz CT molecular complexity index is 882. The Labute approximate surface area is 160 Å². The van der Waals surface area contributed by atoms with E-state index in [1.807, 2.05) is 0 Å². The molecule has 0 aliphatic carbocycles. The third-order valence-electron chi connectivity index (χ3n) is 2.82. The van der Waals surface area contributed by atoms with E-state index >= 15 is 0 Å². The number of nitriles is 1. The third-order valence-corrected chi connectivity index (χ3v) is 4.26. The lowest BCUT2D eigenvalue weighted by Crippen LogP contribution is -2.17. The molecule has 0 fully saturated rings. The number of hydrogen-bond acceptors (Lipinski definition) is 4. The average Bonchev–Trinajstić information content (AvgIpc) is 2.80. The molecule has 0 spiro atoms. The molecule has 4 nitrogen and oxygen atoms in total. The summed E-state index contributed by atoms with van der Waals surface area (Å²) in [6.45, 7) is -1.49. The first-order chi connectivity index (χ1) is 12.4. The van der Waals surface area contributed by atoms with Gasteiger partial charge in [0.1, 0.15) is 24.2 Å². The van der Waals surface area contributed by atoms with E-state index in [2.05, 4.69) is 9.84 Å². The maximum absolute atomic E-state index is 13.4. The highest BCUT2D eigenvalue weighted by Crippen LogP contribution is 2.43. The first-order valence-electron chi connectivity index (χ1n) is 6.45. The molecule has 0 radical (unpaired) electrons. The molecule has 14 heteroatoms. The first-order valence-corrected chi connectivity index (χ1v) is 8.02. The zero-order valence-electron chi connectivity index (χ0n) is 12.4. The van der Waals surface area contributed by atoms with Gasteiger partial charge in [-0.25, -0.2) is 9.07 Å². The Balaban J connectivity index is 2.64. The summed E-state index contributed by atoms with van der Waals surface area (Å²) in [6.07, 6.45) is -5.05. The zero-order valence-corrected chi connectivity index (χ0v) is 14.7. The lowest BCUT2D eigenvalue weighted by atomic mass is 10.3. The van der Waals surface area contributed by atoms with Crippen molar-refractivity contribution in [2.45, 2.75) is 23.4 Å². The van der Waals surface area contributed by atoms with Gasteiger partial charge in [-0.1, -0.05) is 23.2 Å². The van der Waals surface area contributed by atoms with Gasteiger partial charge in [-0.2, -0.15) is 23.5 Å². The standard InChI is InChI=1S/C13H4Cl2F7N3OS/c14-6-1-5(26-12(17,18)19)2-7(15)10(6)25-9(3-16)11(8(4-23)24-25)27-13(20,21)22/h1-2H,3H2. The maximum Gasteiger partial charge on any atom is 0.573 e. The van der Waals surface area contributed by atoms with Crippen LogP contribution in [0.25, 0.3) is 5.69 Å². The van der Waals surface area contributed by atoms with Crippen molar-refractivity contribution in [1.29, 1.82) is 5.26 Å². The molecule has 0 aliphatic heterocycles. The van der Waals surface area contributed by atoms with Crippen molar-refractivity contribution >= 4 is 35.0 Å². The molecule has 0 saturated carbocycles. The Kier molecular flexibility index (Phi) is 6.08. The highest BCUT2D eigenvalue weighted by Gasteiger charge is 2.35. The monoisotopic (exact) mass is 453 g/mol. The second-order valence-corrected chi connectivity index (χ2v) is 6.50. The van der Waals surface area contributed by atoms with Gasteiger partial charge >= 0.3 is 11.9 Å². The molecular weight excluding hydrogens is 450 g/mol. The summed E-state index contributed by atoms with van der Waals surface area (Å²) in [6, 6.07) is 2.72. The van der Waals surface area contributed by atoms with Crippen LogP contribution < -0.4 is 4.74 Å². The largest absolute Gasteiger partial charge is 0.573 e. The number of halogens is 9. The lowest BCUT2D eigenvalue weighted by Gasteiger charge is -2.14. The smallest absolute Gasteiger partial charge is 0.406 e. The van der Waals surface area contributed by atoms with Crippen molar-refractivity contribution in [3.8, 4) is 17.5 Å². The van der Waals surface area contributed by atoms with Crippen molar-refractivity contribution in [2.24, 2.45) is 0 Å². The normalized spacial score (nSPS) is 12.1. The summed E-state index contributed by atoms with van der Waals surface area (Å²) >= 11 is 10.9. The van der Waals surface area contributed by atoms with Crippen LogP contribution in [0.15, 0.2) is 17.0 Å². The van der Waals surface area contributed by atoms with E-state index in [9.17, 15) is 30.7 Å². The fourth-order valence-electron chi connectivity index (χ4n) is 1.97. The number of ether oxygens (including phenoxy) is 1. The molecule has 0 atom stereocenters. The second-order valence-electron chi connectivity index (χ2n) is 4.61. The number of benzene rings is 1. The maximum atomic E-state index is 13.4. The van der Waals surface area contributed by atoms with Gasteiger partial charge in [-0.15, -0.1) is 13.2 Å². The molecule has 1 aromatic heterocycles. The topological polar surface area (TPSA) is 50.8 Å². The summed E-state index contributed by atoms with van der Waals surface area (Å²) in [5.74, 6) is -0.805. The van der Waals surface area contributed by atoms with E-state index in [1.165, 1.54) is 6.07 Å². The molecule has 0 unspecified atom stereocenters. The van der Waals surface area contributed by atoms with Crippen LogP contribution in [0, 0.1) is 11.3 Å². The molecule has 0 aliphatic rings. The minimum atomic E-state index is -5.05. The molecule has 27 heavy (non-hydrogen) atoms. The first kappa shape index (κ1) is 21.5. The predicted octanol–water partition coefficient (Wildman–Crippen LogP) is 6.03. The van der Waals surface area contributed by atoms with Crippen molar-refractivity contribution in [3.05, 3.63) is 33.6 Å². The summed E-state index contributed by atoms with van der Waals surface area (Å²) in [5.41, 5.74) is -6.71. The van der Waals surface area contributed by atoms with Crippen molar-refractivity contribution in [3.63, 3.8) is 0 Å². The fourth-order valence-corrected chi connectivity index (χ4v) is 3.27. The van der Waals surface area contributed by atoms with Crippen molar-refractivity contribution in [2.75, 3.05) is 0 Å². The van der Waals surface area contributed by atoms with Crippen LogP contribution >= 0.6 is 35.0 Å². The fraction of sp³-hybridized carbons (Fsp3) is 0.231. The van der Waals surface area contributed by atoms with Gasteiger partial charge in [0.05, 0.1) is 20.6 Å². The summed E-state index contributed by atoms with van der Waals surface area (Å²) in [7, 11) is 0. The molecule has 1 heterocycles. The third kappa shape index (κ3) is 5.12. The molecule has 0 amide bonds. The number of nitrogens with zero attached hydrogens (tertiary/aromatic N) is 3. The Morgan fingerprint density at radius 2 is 1.70 bits per heavy atom. The molecular formula is C13H4Cl2F7N3OS. The molecule has 146 valence electrons. The van der Waals surface area contributed by atoms with Gasteiger partial charge in [-0.3, -0.25) is 0 Å². The van der Waals surface area contributed by atoms with Crippen LogP contribution in [-0.4, -0.2) is 21.7 Å². The van der Waals surface area contributed by atoms with E-state index in [4.69, 9.17) is 28.5 Å². The van der Waals surface area contributed by atoms with Crippen LogP contribution in [0.3, 0.4) is 0 Å². The molecule has 2 aromatic rings. The van der Waals surface area contributed by atoms with E-state index in [0.29, 0.717) is 16.8 Å². The number of thioether (sulfide) groups is 1. The van der Waals surface area contributed by atoms with Gasteiger partial charge in [0, 0.05) is 12.1 Å². The number of rotatable bonds is 4. The minimum absolute atomic E-state index is 0.411. The van der Waals surface area contributed by atoms with Crippen molar-refractivity contribution < 1.29 is 35.5 Å². The lowest BCUT2D eigenvalue weighted by molar-refractivity contribution is -0.274. The Morgan fingerprint density at radius 3 is 2.11 bits per heavy atom. The van der Waals surface area contributed by atoms with E-state index < -0.39 is 68.1 Å². The SMILES string of the molecule is N#Cc1nn(-c2c(Cl)cc(OC(F)(F)F)cc2Cl)c(CF)c1SC(F)(F)F. The quantitative estimate of drug-likeness (QED) is 0.418. The molecule has 1 aromatic carbocycles. The summed E-state index contributed by atoms with van der Waals surface area (Å²) < 4.78 is 92.5. The van der Waals surface area contributed by atoms with Crippen LogP contribution in [0.1, 0.15) is 11.4 Å². The Morgan fingerprint density at radius 1 is 1.15 bits per heavy atom. The number of aromatic nitrogens is 2. The minimum Gasteiger partial charge on any atom is -0.406 e. The highest BCUT2D eigenvalue weighted by molar-refractivity contribution is 8.00. The molecule has 0 bridgehead atoms. The van der Waals surface area contributed by atoms with Crippen molar-refractivity contribution in [1.82, 2.24) is 9.78 Å². The van der Waals surface area contributed by atoms with Gasteiger partial charge in [-0.05, 0) is 11.8 Å². The zero-order chi connectivity index (χ0) is 20.6. The van der Waals surface area contributed by atoms with Crippen LogP contribution in [0.4, 0.5) is 30.7 Å². The van der Waals surface area contributed by atoms with Crippen LogP contribution in [0.5, 0.6) is 5.75 Å². The van der Waals surface area contributed by atoms with Gasteiger partial charge in [0.2, 0.25) is 0 Å². The molecule has 0 N–H and O–H groups in total. The number of hydrogen-bond donors (Lipinski definition) is 0. The van der Waals surface area contributed by atoms with Gasteiger partial charge in [0.15, 0.2) is 5.69 Å². The van der Waals surface area contributed by atoms with E-state index in [0.717, 1.165) is 0 Å². The van der Waals surface area contributed by atoms with Crippen LogP contribution in [-0.2, 0) is 6.67 Å². The summed E-state index contributed by atoms with van der Waals surface area (Å²) in [4.78, 5) is -0.810. The number of alkyl halides is 7. The van der Waals surface area contributed by atoms with E-state index in [1.54, 1.807) is 0 Å². The van der Waals surface area contributed by atoms with E-state index in [-0.39, 0.29) is 0 Å². The molecule has 0 saturated heterocycles. The average molecular weight is 454 g/mol. The Hall–Kier alpha value is -1.84. The molecule has 2 rings (SSSR count). The van der Waals surface area contributed by atoms with Crippen LogP contribution in [0.2, 0.25) is 10.0 Å². The summed E-state index contributed by atoms with van der Waals surface area (Å²) in [5, 5.41) is 11.5. The van der Waals surface area contributed by atoms with Gasteiger partial charge < -0.3 is 4.74 Å². The highest BCUT2D eigenvalue weighted by atomic mass is 35.5. The predicted molar refractivity (Wildman–Crippen MR) is 81.7 cm³/mol. The van der Waals surface area contributed by atoms with Gasteiger partial charge in [0.25, 0.3) is 0 Å².